The van der Waals surface area contributed by atoms with Gasteiger partial charge < -0.3 is 0 Å². The number of nitrogens with zero attached hydrogens (tertiary/aromatic N) is 1. The molecule has 1 aliphatic heterocycles. The van der Waals surface area contributed by atoms with Gasteiger partial charge in [-0.3, -0.25) is 14.5 Å². The lowest BCUT2D eigenvalue weighted by Gasteiger charge is -2.19. The van der Waals surface area contributed by atoms with E-state index in [1.54, 1.807) is 11.8 Å². The van der Waals surface area contributed by atoms with Crippen LogP contribution in [0.15, 0.2) is 0 Å². The smallest absolute Gasteiger partial charge is 0.238 e. The van der Waals surface area contributed by atoms with Crippen LogP contribution >= 0.6 is 11.8 Å². The Kier molecular flexibility index (Phi) is 2.10. The average molecular weight is 145 g/mol. The van der Waals surface area contributed by atoms with Crippen molar-refractivity contribution < 1.29 is 9.59 Å². The lowest BCUT2D eigenvalue weighted by atomic mass is 10.5. The average Bonchev–Trinajstić information content (AvgIpc) is 1.89. The zero-order valence-corrected chi connectivity index (χ0v) is 5.69. The highest BCUT2D eigenvalue weighted by Crippen LogP contribution is 2.07. The summed E-state index contributed by atoms with van der Waals surface area (Å²) in [4.78, 5) is 22.0. The Bertz CT molecular complexity index is 137. The first-order chi connectivity index (χ1) is 4.34. The number of hydrogen-bond donors (Lipinski definition) is 0. The molecule has 0 aromatic heterocycles. The number of thioether (sulfide) groups is 1. The standard InChI is InChI=1S/C5H7NO2S/c7-4-6-1-2-9-3-5(6)8/h4H,1-3H2. The van der Waals surface area contributed by atoms with E-state index in [0.717, 1.165) is 5.75 Å². The molecule has 0 spiro atoms. The Labute approximate surface area is 57.4 Å². The maximum atomic E-state index is 10.7. The monoisotopic (exact) mass is 145 g/mol. The summed E-state index contributed by atoms with van der Waals surface area (Å²) < 4.78 is 0. The summed E-state index contributed by atoms with van der Waals surface area (Å²) in [6.07, 6.45) is 0.599. The molecule has 0 aliphatic carbocycles. The molecule has 0 N–H and O–H groups in total. The molecule has 0 unspecified atom stereocenters. The molecule has 1 fully saturated rings. The van der Waals surface area contributed by atoms with Gasteiger partial charge in [-0.05, 0) is 0 Å². The molecule has 2 amide bonds. The molecule has 0 aromatic carbocycles. The lowest BCUT2D eigenvalue weighted by Crippen LogP contribution is -2.36. The molecule has 0 atom stereocenters. The Morgan fingerprint density at radius 1 is 1.67 bits per heavy atom. The normalized spacial score (nSPS) is 20.0. The number of carbonyl (C=O) groups is 2. The Morgan fingerprint density at radius 3 is 2.89 bits per heavy atom. The van der Waals surface area contributed by atoms with Crippen LogP contribution in [0.1, 0.15) is 0 Å². The Balaban J connectivity index is 2.48. The minimum Gasteiger partial charge on any atom is -0.284 e. The fourth-order valence-electron chi connectivity index (χ4n) is 0.641. The molecule has 4 heteroatoms. The molecule has 3 nitrogen and oxygen atoms in total. The first-order valence-corrected chi connectivity index (χ1v) is 3.82. The molecule has 9 heavy (non-hydrogen) atoms. The Morgan fingerprint density at radius 2 is 2.44 bits per heavy atom. The quantitative estimate of drug-likeness (QED) is 0.476. The van der Waals surface area contributed by atoms with Crippen LogP contribution in [0.2, 0.25) is 0 Å². The van der Waals surface area contributed by atoms with Gasteiger partial charge in [0.05, 0.1) is 5.75 Å². The fourth-order valence-corrected chi connectivity index (χ4v) is 1.45. The second kappa shape index (κ2) is 2.87. The van der Waals surface area contributed by atoms with Crippen molar-refractivity contribution in [1.29, 1.82) is 0 Å². The van der Waals surface area contributed by atoms with Crippen molar-refractivity contribution in [1.82, 2.24) is 4.90 Å². The molecule has 1 saturated heterocycles. The van der Waals surface area contributed by atoms with E-state index in [2.05, 4.69) is 0 Å². The van der Waals surface area contributed by atoms with Crippen LogP contribution in [0.25, 0.3) is 0 Å². The van der Waals surface area contributed by atoms with Crippen LogP contribution < -0.4 is 0 Å². The third-order valence-corrected chi connectivity index (χ3v) is 2.07. The largest absolute Gasteiger partial charge is 0.284 e. The maximum absolute atomic E-state index is 10.7. The minimum atomic E-state index is -0.0683. The Hall–Kier alpha value is -0.510. The van der Waals surface area contributed by atoms with E-state index in [1.807, 2.05) is 0 Å². The molecular weight excluding hydrogens is 138 g/mol. The van der Waals surface area contributed by atoms with Gasteiger partial charge in [-0.1, -0.05) is 0 Å². The van der Waals surface area contributed by atoms with E-state index in [9.17, 15) is 9.59 Å². The highest BCUT2D eigenvalue weighted by molar-refractivity contribution is 8.00. The maximum Gasteiger partial charge on any atom is 0.238 e. The molecule has 0 saturated carbocycles. The van der Waals surface area contributed by atoms with Crippen molar-refractivity contribution in [2.45, 2.75) is 0 Å². The van der Waals surface area contributed by atoms with Gasteiger partial charge >= 0.3 is 0 Å². The number of rotatable bonds is 1. The zero-order chi connectivity index (χ0) is 6.69. The van der Waals surface area contributed by atoms with E-state index < -0.39 is 0 Å². The summed E-state index contributed by atoms with van der Waals surface area (Å²) in [5.41, 5.74) is 0. The molecule has 1 heterocycles. The third-order valence-electron chi connectivity index (χ3n) is 1.15. The molecular formula is C5H7NO2S. The molecule has 0 bridgehead atoms. The highest BCUT2D eigenvalue weighted by Gasteiger charge is 2.16. The van der Waals surface area contributed by atoms with Gasteiger partial charge in [0.15, 0.2) is 0 Å². The summed E-state index contributed by atoms with van der Waals surface area (Å²) >= 11 is 1.57. The summed E-state index contributed by atoms with van der Waals surface area (Å²) in [6.45, 7) is 0.576. The van der Waals surface area contributed by atoms with Crippen LogP contribution in [0.4, 0.5) is 0 Å². The first-order valence-electron chi connectivity index (χ1n) is 2.67. The van der Waals surface area contributed by atoms with Crippen LogP contribution in [-0.4, -0.2) is 35.3 Å². The third kappa shape index (κ3) is 1.45. The summed E-state index contributed by atoms with van der Waals surface area (Å²) in [5.74, 6) is 1.27. The van der Waals surface area contributed by atoms with E-state index >= 15 is 0 Å². The first kappa shape index (κ1) is 6.61. The lowest BCUT2D eigenvalue weighted by molar-refractivity contribution is -0.136. The molecule has 1 rings (SSSR count). The molecule has 50 valence electrons. The van der Waals surface area contributed by atoms with Crippen molar-refractivity contribution in [2.75, 3.05) is 18.1 Å². The van der Waals surface area contributed by atoms with Gasteiger partial charge in [0.25, 0.3) is 0 Å². The van der Waals surface area contributed by atoms with Gasteiger partial charge in [0.2, 0.25) is 12.3 Å². The van der Waals surface area contributed by atoms with Gasteiger partial charge in [-0.25, -0.2) is 0 Å². The number of amides is 2. The second-order valence-electron chi connectivity index (χ2n) is 1.75. The van der Waals surface area contributed by atoms with E-state index in [1.165, 1.54) is 4.90 Å². The number of carbonyl (C=O) groups excluding carboxylic acids is 2. The fraction of sp³-hybridized carbons (Fsp3) is 0.600. The predicted molar refractivity (Wildman–Crippen MR) is 35.1 cm³/mol. The van der Waals surface area contributed by atoms with Gasteiger partial charge in [-0.2, -0.15) is 11.8 Å². The van der Waals surface area contributed by atoms with Crippen LogP contribution in [-0.2, 0) is 9.59 Å². The van der Waals surface area contributed by atoms with E-state index in [0.29, 0.717) is 18.7 Å². The number of imide groups is 1. The van der Waals surface area contributed by atoms with Gasteiger partial charge in [0.1, 0.15) is 0 Å². The summed E-state index contributed by atoms with van der Waals surface area (Å²) in [7, 11) is 0. The molecule has 0 aromatic rings. The van der Waals surface area contributed by atoms with Crippen LogP contribution in [0.3, 0.4) is 0 Å². The highest BCUT2D eigenvalue weighted by atomic mass is 32.2. The summed E-state index contributed by atoms with van der Waals surface area (Å²) in [6, 6.07) is 0. The predicted octanol–water partition coefficient (Wildman–Crippen LogP) is -0.282. The van der Waals surface area contributed by atoms with Crippen molar-refractivity contribution >= 4 is 24.1 Å². The summed E-state index contributed by atoms with van der Waals surface area (Å²) in [5, 5.41) is 0. The van der Waals surface area contributed by atoms with Crippen molar-refractivity contribution in [2.24, 2.45) is 0 Å². The van der Waals surface area contributed by atoms with Crippen molar-refractivity contribution in [3.05, 3.63) is 0 Å². The molecule has 1 aliphatic rings. The van der Waals surface area contributed by atoms with Crippen molar-refractivity contribution in [3.8, 4) is 0 Å². The van der Waals surface area contributed by atoms with Gasteiger partial charge in [0, 0.05) is 12.3 Å². The van der Waals surface area contributed by atoms with Crippen molar-refractivity contribution in [3.63, 3.8) is 0 Å². The van der Waals surface area contributed by atoms with E-state index in [4.69, 9.17) is 0 Å². The molecule has 0 radical (unpaired) electrons. The SMILES string of the molecule is O=CN1CCSCC1=O. The van der Waals surface area contributed by atoms with Crippen LogP contribution in [0.5, 0.6) is 0 Å². The zero-order valence-electron chi connectivity index (χ0n) is 4.87. The van der Waals surface area contributed by atoms with Crippen LogP contribution in [0, 0.1) is 0 Å². The number of hydrogen-bond acceptors (Lipinski definition) is 3. The van der Waals surface area contributed by atoms with Gasteiger partial charge in [-0.15, -0.1) is 0 Å². The minimum absolute atomic E-state index is 0.0683. The topological polar surface area (TPSA) is 37.4 Å². The second-order valence-corrected chi connectivity index (χ2v) is 2.85. The van der Waals surface area contributed by atoms with E-state index in [-0.39, 0.29) is 5.91 Å².